The third-order valence-electron chi connectivity index (χ3n) is 3.00. The topological polar surface area (TPSA) is 108 Å². The number of carboxylic acid groups (broad SMARTS) is 1. The standard InChI is InChI=1S/C12H11FN2O5S/c13-10-2-1-9(5-8(10)6-14)21(18,19)15-3-4-20-11(7-15)12(16)17/h1-2,5,11H,3-4,7H2,(H,16,17). The summed E-state index contributed by atoms with van der Waals surface area (Å²) in [5, 5.41) is 17.6. The average Bonchev–Trinajstić information content (AvgIpc) is 2.47. The van der Waals surface area contributed by atoms with Gasteiger partial charge in [-0.15, -0.1) is 0 Å². The summed E-state index contributed by atoms with van der Waals surface area (Å²) in [4.78, 5) is 10.6. The molecule has 0 saturated carbocycles. The van der Waals surface area contributed by atoms with Gasteiger partial charge in [0.25, 0.3) is 0 Å². The largest absolute Gasteiger partial charge is 0.479 e. The lowest BCUT2D eigenvalue weighted by molar-refractivity contribution is -0.153. The molecule has 0 bridgehead atoms. The van der Waals surface area contributed by atoms with Gasteiger partial charge in [0.2, 0.25) is 10.0 Å². The monoisotopic (exact) mass is 314 g/mol. The fourth-order valence-corrected chi connectivity index (χ4v) is 3.34. The van der Waals surface area contributed by atoms with Crippen molar-refractivity contribution in [2.24, 2.45) is 0 Å². The zero-order chi connectivity index (χ0) is 15.6. The van der Waals surface area contributed by atoms with E-state index in [1.807, 2.05) is 0 Å². The highest BCUT2D eigenvalue weighted by Crippen LogP contribution is 2.21. The first-order valence-electron chi connectivity index (χ1n) is 5.90. The molecule has 0 radical (unpaired) electrons. The van der Waals surface area contributed by atoms with Gasteiger partial charge in [-0.2, -0.15) is 9.57 Å². The Morgan fingerprint density at radius 3 is 2.86 bits per heavy atom. The number of halogens is 1. The van der Waals surface area contributed by atoms with Crippen LogP contribution in [-0.2, 0) is 19.6 Å². The Labute approximate surface area is 120 Å². The van der Waals surface area contributed by atoms with E-state index in [9.17, 15) is 17.6 Å². The van der Waals surface area contributed by atoms with E-state index in [4.69, 9.17) is 15.1 Å². The number of morpholine rings is 1. The second-order valence-electron chi connectivity index (χ2n) is 4.31. The van der Waals surface area contributed by atoms with Crippen molar-refractivity contribution < 1.29 is 27.4 Å². The van der Waals surface area contributed by atoms with Crippen LogP contribution in [0.1, 0.15) is 5.56 Å². The molecule has 1 N–H and O–H groups in total. The molecule has 1 heterocycles. The number of carboxylic acids is 1. The molecular weight excluding hydrogens is 303 g/mol. The summed E-state index contributed by atoms with van der Waals surface area (Å²) in [7, 11) is -4.01. The fourth-order valence-electron chi connectivity index (χ4n) is 1.89. The summed E-state index contributed by atoms with van der Waals surface area (Å²) >= 11 is 0. The summed E-state index contributed by atoms with van der Waals surface area (Å²) < 4.78 is 43.9. The summed E-state index contributed by atoms with van der Waals surface area (Å²) in [6.45, 7) is -0.398. The van der Waals surface area contributed by atoms with Gasteiger partial charge in [0.05, 0.1) is 23.6 Å². The van der Waals surface area contributed by atoms with Gasteiger partial charge < -0.3 is 9.84 Å². The van der Waals surface area contributed by atoms with E-state index in [2.05, 4.69) is 0 Å². The van der Waals surface area contributed by atoms with E-state index in [0.29, 0.717) is 0 Å². The number of sulfonamides is 1. The summed E-state index contributed by atoms with van der Waals surface area (Å²) in [5.41, 5.74) is -0.390. The number of nitrogens with zero attached hydrogens (tertiary/aromatic N) is 2. The lowest BCUT2D eigenvalue weighted by atomic mass is 10.2. The van der Waals surface area contributed by atoms with E-state index >= 15 is 0 Å². The third-order valence-corrected chi connectivity index (χ3v) is 4.86. The quantitative estimate of drug-likeness (QED) is 0.852. The first kappa shape index (κ1) is 15.4. The smallest absolute Gasteiger partial charge is 0.334 e. The number of nitriles is 1. The lowest BCUT2D eigenvalue weighted by Crippen LogP contribution is -2.48. The first-order chi connectivity index (χ1) is 9.86. The van der Waals surface area contributed by atoms with E-state index in [1.54, 1.807) is 6.07 Å². The Hall–Kier alpha value is -2.02. The number of rotatable bonds is 3. The molecule has 1 unspecified atom stereocenters. The molecule has 21 heavy (non-hydrogen) atoms. The van der Waals surface area contributed by atoms with Crippen LogP contribution in [0.15, 0.2) is 23.1 Å². The highest BCUT2D eigenvalue weighted by molar-refractivity contribution is 7.89. The number of hydrogen-bond donors (Lipinski definition) is 1. The molecule has 1 saturated heterocycles. The Kier molecular flexibility index (Phi) is 4.22. The maximum atomic E-state index is 13.2. The minimum atomic E-state index is -4.01. The van der Waals surface area contributed by atoms with Crippen LogP contribution in [0.2, 0.25) is 0 Å². The van der Waals surface area contributed by atoms with Crippen LogP contribution >= 0.6 is 0 Å². The van der Waals surface area contributed by atoms with Crippen molar-refractivity contribution in [3.05, 3.63) is 29.6 Å². The van der Waals surface area contributed by atoms with Gasteiger partial charge in [-0.05, 0) is 18.2 Å². The van der Waals surface area contributed by atoms with Crippen molar-refractivity contribution >= 4 is 16.0 Å². The summed E-state index contributed by atoms with van der Waals surface area (Å²) in [5.74, 6) is -2.08. The molecule has 0 amide bonds. The number of benzene rings is 1. The molecule has 1 fully saturated rings. The van der Waals surface area contributed by atoms with Crippen molar-refractivity contribution in [2.75, 3.05) is 19.7 Å². The Morgan fingerprint density at radius 1 is 1.52 bits per heavy atom. The molecule has 112 valence electrons. The molecule has 1 aromatic carbocycles. The maximum Gasteiger partial charge on any atom is 0.334 e. The Bertz CT molecular complexity index is 713. The average molecular weight is 314 g/mol. The molecule has 2 rings (SSSR count). The molecule has 1 aromatic rings. The molecule has 0 aliphatic carbocycles. The van der Waals surface area contributed by atoms with Crippen LogP contribution in [0.3, 0.4) is 0 Å². The van der Waals surface area contributed by atoms with E-state index in [-0.39, 0.29) is 30.2 Å². The number of carbonyl (C=O) groups is 1. The molecule has 0 aromatic heterocycles. The minimum absolute atomic E-state index is 0.00855. The Morgan fingerprint density at radius 2 is 2.24 bits per heavy atom. The van der Waals surface area contributed by atoms with Crippen molar-refractivity contribution in [3.63, 3.8) is 0 Å². The molecule has 1 aliphatic rings. The van der Waals surface area contributed by atoms with Crippen LogP contribution in [0.25, 0.3) is 0 Å². The van der Waals surface area contributed by atoms with Gasteiger partial charge in [0, 0.05) is 6.54 Å². The summed E-state index contributed by atoms with van der Waals surface area (Å²) in [6.07, 6.45) is -1.25. The highest BCUT2D eigenvalue weighted by atomic mass is 32.2. The zero-order valence-corrected chi connectivity index (χ0v) is 11.5. The molecule has 1 atom stereocenters. The molecular formula is C12H11FN2O5S. The third kappa shape index (κ3) is 3.02. The van der Waals surface area contributed by atoms with Gasteiger partial charge >= 0.3 is 5.97 Å². The fraction of sp³-hybridized carbons (Fsp3) is 0.333. The second-order valence-corrected chi connectivity index (χ2v) is 6.25. The van der Waals surface area contributed by atoms with Gasteiger partial charge in [-0.3, -0.25) is 0 Å². The normalized spacial score (nSPS) is 19.9. The molecule has 7 nitrogen and oxygen atoms in total. The first-order valence-corrected chi connectivity index (χ1v) is 7.34. The predicted molar refractivity (Wildman–Crippen MR) is 67.2 cm³/mol. The predicted octanol–water partition coefficient (Wildman–Crippen LogP) is 0.171. The van der Waals surface area contributed by atoms with Crippen molar-refractivity contribution in [1.82, 2.24) is 4.31 Å². The highest BCUT2D eigenvalue weighted by Gasteiger charge is 2.34. The molecule has 1 aliphatic heterocycles. The van der Waals surface area contributed by atoms with Gasteiger partial charge in [0.15, 0.2) is 6.10 Å². The van der Waals surface area contributed by atoms with Crippen LogP contribution in [0, 0.1) is 17.1 Å². The van der Waals surface area contributed by atoms with Crippen LogP contribution in [0.4, 0.5) is 4.39 Å². The van der Waals surface area contributed by atoms with E-state index in [0.717, 1.165) is 22.5 Å². The van der Waals surface area contributed by atoms with Crippen molar-refractivity contribution in [1.29, 1.82) is 5.26 Å². The number of aliphatic carboxylic acids is 1. The summed E-state index contributed by atoms with van der Waals surface area (Å²) in [6, 6.07) is 4.42. The zero-order valence-electron chi connectivity index (χ0n) is 10.7. The Balaban J connectivity index is 2.34. The lowest BCUT2D eigenvalue weighted by Gasteiger charge is -2.30. The second kappa shape index (κ2) is 5.77. The molecule has 9 heteroatoms. The van der Waals surface area contributed by atoms with Gasteiger partial charge in [0.1, 0.15) is 11.9 Å². The number of hydrogen-bond acceptors (Lipinski definition) is 5. The molecule has 0 spiro atoms. The van der Waals surface area contributed by atoms with Crippen LogP contribution in [0.5, 0.6) is 0 Å². The maximum absolute atomic E-state index is 13.2. The van der Waals surface area contributed by atoms with Crippen molar-refractivity contribution in [2.45, 2.75) is 11.0 Å². The van der Waals surface area contributed by atoms with Crippen molar-refractivity contribution in [3.8, 4) is 6.07 Å². The van der Waals surface area contributed by atoms with E-state index in [1.165, 1.54) is 0 Å². The minimum Gasteiger partial charge on any atom is -0.479 e. The number of ether oxygens (including phenoxy) is 1. The van der Waals surface area contributed by atoms with Crippen LogP contribution < -0.4 is 0 Å². The van der Waals surface area contributed by atoms with Gasteiger partial charge in [-0.1, -0.05) is 0 Å². The van der Waals surface area contributed by atoms with Crippen LogP contribution in [-0.4, -0.2) is 49.6 Å². The van der Waals surface area contributed by atoms with Gasteiger partial charge in [-0.25, -0.2) is 17.6 Å². The van der Waals surface area contributed by atoms with E-state index < -0.39 is 27.9 Å². The SMILES string of the molecule is N#Cc1cc(S(=O)(=O)N2CCOC(C(=O)O)C2)ccc1F.